The van der Waals surface area contributed by atoms with Crippen molar-refractivity contribution in [3.63, 3.8) is 0 Å². The summed E-state index contributed by atoms with van der Waals surface area (Å²) in [7, 11) is 3.14. The Morgan fingerprint density at radius 2 is 1.65 bits per heavy atom. The van der Waals surface area contributed by atoms with E-state index in [-0.39, 0.29) is 36.4 Å². The molecule has 3 rings (SSSR count). The van der Waals surface area contributed by atoms with Crippen LogP contribution in [-0.2, 0) is 16.1 Å². The molecule has 202 valence electrons. The number of carbonyl (C=O) groups excluding carboxylic acids is 2. The van der Waals surface area contributed by atoms with Gasteiger partial charge in [0.2, 0.25) is 11.8 Å². The molecule has 0 radical (unpaired) electrons. The third-order valence-corrected chi connectivity index (χ3v) is 6.82. The highest BCUT2D eigenvalue weighted by Gasteiger charge is 2.33. The zero-order valence-corrected chi connectivity index (χ0v) is 23.1. The van der Waals surface area contributed by atoms with E-state index in [4.69, 9.17) is 25.8 Å². The molecule has 1 atom stereocenters. The first-order chi connectivity index (χ1) is 17.9. The van der Waals surface area contributed by atoms with Crippen LogP contribution >= 0.6 is 11.6 Å². The fourth-order valence-corrected chi connectivity index (χ4v) is 4.95. The SMILES string of the molecule is COc1ccccc1CN(C(=O)CCl)[C@H](C(=O)NC1CCCCCC1)c1ccc(OC(C)C)c(OC)c1. The maximum atomic E-state index is 13.9. The second kappa shape index (κ2) is 14.1. The van der Waals surface area contributed by atoms with Crippen LogP contribution in [0.25, 0.3) is 0 Å². The van der Waals surface area contributed by atoms with Crippen LogP contribution in [0.4, 0.5) is 0 Å². The molecule has 2 aromatic carbocycles. The molecular weight excluding hydrogens is 492 g/mol. The zero-order chi connectivity index (χ0) is 26.8. The number of methoxy groups -OCH3 is 2. The average Bonchev–Trinajstić information content (AvgIpc) is 3.17. The van der Waals surface area contributed by atoms with Gasteiger partial charge in [0.15, 0.2) is 11.5 Å². The first-order valence-corrected chi connectivity index (χ1v) is 13.5. The highest BCUT2D eigenvalue weighted by atomic mass is 35.5. The second-order valence-corrected chi connectivity index (χ2v) is 9.91. The smallest absolute Gasteiger partial charge is 0.247 e. The lowest BCUT2D eigenvalue weighted by atomic mass is 10.0. The fourth-order valence-electron chi connectivity index (χ4n) is 4.80. The van der Waals surface area contributed by atoms with E-state index in [1.165, 1.54) is 17.7 Å². The van der Waals surface area contributed by atoms with E-state index in [1.54, 1.807) is 26.4 Å². The third-order valence-electron chi connectivity index (χ3n) is 6.60. The standard InChI is InChI=1S/C29H39ClN2O5/c1-20(2)37-25-16-15-21(17-26(25)36-4)28(29(34)31-23-12-7-5-6-8-13-23)32(27(33)18-30)19-22-11-9-10-14-24(22)35-3/h9-11,14-17,20,23,28H,5-8,12-13,18-19H2,1-4H3,(H,31,34)/t28-/m0/s1. The number of benzene rings is 2. The lowest BCUT2D eigenvalue weighted by Gasteiger charge is -2.33. The number of nitrogens with one attached hydrogen (secondary N) is 1. The summed E-state index contributed by atoms with van der Waals surface area (Å²) in [4.78, 5) is 28.7. The molecule has 0 spiro atoms. The molecule has 37 heavy (non-hydrogen) atoms. The molecule has 1 saturated carbocycles. The summed E-state index contributed by atoms with van der Waals surface area (Å²) in [5, 5.41) is 3.24. The molecule has 1 fully saturated rings. The van der Waals surface area contributed by atoms with Crippen molar-refractivity contribution < 1.29 is 23.8 Å². The molecule has 0 unspecified atom stereocenters. The Hall–Kier alpha value is -2.93. The summed E-state index contributed by atoms with van der Waals surface area (Å²) in [6.07, 6.45) is 6.32. The van der Waals surface area contributed by atoms with Crippen molar-refractivity contribution in [2.75, 3.05) is 20.1 Å². The Morgan fingerprint density at radius 3 is 2.27 bits per heavy atom. The predicted molar refractivity (Wildman–Crippen MR) is 145 cm³/mol. The largest absolute Gasteiger partial charge is 0.496 e. The first kappa shape index (κ1) is 28.6. The summed E-state index contributed by atoms with van der Waals surface area (Å²) in [6, 6.07) is 12.0. The van der Waals surface area contributed by atoms with Crippen molar-refractivity contribution in [3.8, 4) is 17.2 Å². The van der Waals surface area contributed by atoms with Crippen LogP contribution in [-0.4, -0.2) is 49.0 Å². The quantitative estimate of drug-likeness (QED) is 0.300. The number of halogens is 1. The maximum absolute atomic E-state index is 13.9. The molecule has 1 N–H and O–H groups in total. The number of hydrogen-bond acceptors (Lipinski definition) is 5. The summed E-state index contributed by atoms with van der Waals surface area (Å²) >= 11 is 6.08. The average molecular weight is 531 g/mol. The van der Waals surface area contributed by atoms with Crippen molar-refractivity contribution >= 4 is 23.4 Å². The van der Waals surface area contributed by atoms with Crippen LogP contribution in [0.5, 0.6) is 17.2 Å². The van der Waals surface area contributed by atoms with E-state index in [0.29, 0.717) is 22.8 Å². The van der Waals surface area contributed by atoms with Crippen LogP contribution < -0.4 is 19.5 Å². The van der Waals surface area contributed by atoms with Gasteiger partial charge < -0.3 is 24.4 Å². The van der Waals surface area contributed by atoms with E-state index >= 15 is 0 Å². The van der Waals surface area contributed by atoms with E-state index in [1.807, 2.05) is 44.2 Å². The van der Waals surface area contributed by atoms with Gasteiger partial charge in [-0.25, -0.2) is 0 Å². The highest BCUT2D eigenvalue weighted by molar-refractivity contribution is 6.27. The summed E-state index contributed by atoms with van der Waals surface area (Å²) in [5.41, 5.74) is 1.40. The molecule has 0 bridgehead atoms. The molecule has 0 heterocycles. The van der Waals surface area contributed by atoms with E-state index in [2.05, 4.69) is 5.32 Å². The Kier molecular flexibility index (Phi) is 10.9. The molecule has 1 aliphatic carbocycles. The number of para-hydroxylation sites is 1. The van der Waals surface area contributed by atoms with Crippen molar-refractivity contribution in [1.82, 2.24) is 10.2 Å². The minimum Gasteiger partial charge on any atom is -0.496 e. The lowest BCUT2D eigenvalue weighted by molar-refractivity contribution is -0.140. The molecule has 2 amide bonds. The van der Waals surface area contributed by atoms with Crippen LogP contribution in [0.1, 0.15) is 69.5 Å². The van der Waals surface area contributed by atoms with Gasteiger partial charge >= 0.3 is 0 Å². The topological polar surface area (TPSA) is 77.1 Å². The van der Waals surface area contributed by atoms with Crippen LogP contribution in [0.15, 0.2) is 42.5 Å². The number of nitrogens with zero attached hydrogens (tertiary/aromatic N) is 1. The zero-order valence-electron chi connectivity index (χ0n) is 22.3. The Labute approximate surface area is 225 Å². The predicted octanol–water partition coefficient (Wildman–Crippen LogP) is 5.64. The molecule has 7 nitrogen and oxygen atoms in total. The van der Waals surface area contributed by atoms with Crippen LogP contribution in [0, 0.1) is 0 Å². The summed E-state index contributed by atoms with van der Waals surface area (Å²) in [6.45, 7) is 4.03. The number of alkyl halides is 1. The van der Waals surface area contributed by atoms with E-state index < -0.39 is 6.04 Å². The first-order valence-electron chi connectivity index (χ1n) is 13.0. The van der Waals surface area contributed by atoms with Crippen molar-refractivity contribution in [2.24, 2.45) is 0 Å². The maximum Gasteiger partial charge on any atom is 0.247 e. The van der Waals surface area contributed by atoms with Gasteiger partial charge in [-0.3, -0.25) is 9.59 Å². The van der Waals surface area contributed by atoms with Crippen molar-refractivity contribution in [3.05, 3.63) is 53.6 Å². The highest BCUT2D eigenvalue weighted by Crippen LogP contribution is 2.35. The van der Waals surface area contributed by atoms with Gasteiger partial charge in [-0.05, 0) is 50.5 Å². The molecule has 1 aliphatic rings. The molecule has 0 saturated heterocycles. The molecule has 2 aromatic rings. The number of rotatable bonds is 11. The second-order valence-electron chi connectivity index (χ2n) is 9.64. The van der Waals surface area contributed by atoms with Crippen LogP contribution in [0.3, 0.4) is 0 Å². The third kappa shape index (κ3) is 7.78. The van der Waals surface area contributed by atoms with E-state index in [9.17, 15) is 9.59 Å². The normalized spacial score (nSPS) is 15.0. The summed E-state index contributed by atoms with van der Waals surface area (Å²) < 4.78 is 17.0. The van der Waals surface area contributed by atoms with Crippen LogP contribution in [0.2, 0.25) is 0 Å². The van der Waals surface area contributed by atoms with Gasteiger partial charge in [-0.1, -0.05) is 49.9 Å². The molecule has 0 aliphatic heterocycles. The van der Waals surface area contributed by atoms with Gasteiger partial charge in [0, 0.05) is 11.6 Å². The molecule has 0 aromatic heterocycles. The molecular formula is C29H39ClN2O5. The number of amides is 2. The fraction of sp³-hybridized carbons (Fsp3) is 0.517. The monoisotopic (exact) mass is 530 g/mol. The minimum absolute atomic E-state index is 0.0473. The summed E-state index contributed by atoms with van der Waals surface area (Å²) in [5.74, 6) is 0.859. The molecule has 8 heteroatoms. The Balaban J connectivity index is 2.05. The van der Waals surface area contributed by atoms with Gasteiger partial charge in [-0.15, -0.1) is 11.6 Å². The van der Waals surface area contributed by atoms with Gasteiger partial charge in [0.25, 0.3) is 0 Å². The number of carbonyl (C=O) groups is 2. The van der Waals surface area contributed by atoms with Gasteiger partial charge in [0.1, 0.15) is 17.7 Å². The van der Waals surface area contributed by atoms with Crippen molar-refractivity contribution in [1.29, 1.82) is 0 Å². The number of ether oxygens (including phenoxy) is 3. The van der Waals surface area contributed by atoms with Gasteiger partial charge in [-0.2, -0.15) is 0 Å². The Morgan fingerprint density at radius 1 is 0.973 bits per heavy atom. The minimum atomic E-state index is -0.915. The van der Waals surface area contributed by atoms with E-state index in [0.717, 1.165) is 31.2 Å². The Bertz CT molecular complexity index is 1040. The van der Waals surface area contributed by atoms with Crippen molar-refractivity contribution in [2.45, 2.75) is 77.1 Å². The van der Waals surface area contributed by atoms with Gasteiger partial charge in [0.05, 0.1) is 26.9 Å². The number of hydrogen-bond donors (Lipinski definition) is 1. The lowest BCUT2D eigenvalue weighted by Crippen LogP contribution is -2.46.